The zero-order valence-electron chi connectivity index (χ0n) is 15.3. The van der Waals surface area contributed by atoms with E-state index in [1.54, 1.807) is 7.11 Å². The molecule has 1 aliphatic heterocycles. The summed E-state index contributed by atoms with van der Waals surface area (Å²) in [5, 5.41) is 4.12. The third kappa shape index (κ3) is 3.43. The highest BCUT2D eigenvalue weighted by molar-refractivity contribution is 5.80. The van der Waals surface area contributed by atoms with Crippen LogP contribution in [0.5, 0.6) is 5.75 Å². The second-order valence-electron chi connectivity index (χ2n) is 6.72. The summed E-state index contributed by atoms with van der Waals surface area (Å²) in [6.45, 7) is 2.62. The van der Waals surface area contributed by atoms with Crippen molar-refractivity contribution < 1.29 is 14.1 Å². The van der Waals surface area contributed by atoms with Crippen LogP contribution in [0, 0.1) is 0 Å². The van der Waals surface area contributed by atoms with Crippen LogP contribution in [0.1, 0.15) is 36.7 Å². The first-order valence-corrected chi connectivity index (χ1v) is 8.98. The van der Waals surface area contributed by atoms with E-state index in [0.717, 1.165) is 16.9 Å². The van der Waals surface area contributed by atoms with Crippen LogP contribution < -0.4 is 4.74 Å². The fraction of sp³-hybridized carbons (Fsp3) is 0.286. The van der Waals surface area contributed by atoms with Gasteiger partial charge in [-0.1, -0.05) is 35.5 Å². The Hall–Kier alpha value is -3.15. The summed E-state index contributed by atoms with van der Waals surface area (Å²) in [6.07, 6.45) is 0.397. The molecule has 0 N–H and O–H groups in total. The molecule has 1 amide bonds. The number of rotatable bonds is 5. The lowest BCUT2D eigenvalue weighted by atomic mass is 10.1. The predicted molar refractivity (Wildman–Crippen MR) is 100 cm³/mol. The van der Waals surface area contributed by atoms with Crippen molar-refractivity contribution in [2.45, 2.75) is 25.3 Å². The molecule has 1 fully saturated rings. The number of hydrogen-bond acceptors (Lipinski definition) is 5. The van der Waals surface area contributed by atoms with Gasteiger partial charge in [-0.05, 0) is 36.8 Å². The van der Waals surface area contributed by atoms with Gasteiger partial charge in [-0.25, -0.2) is 0 Å². The van der Waals surface area contributed by atoms with Crippen LogP contribution in [0.3, 0.4) is 0 Å². The fourth-order valence-electron chi connectivity index (χ4n) is 3.44. The summed E-state index contributed by atoms with van der Waals surface area (Å²) in [7, 11) is 1.64. The van der Waals surface area contributed by atoms with Gasteiger partial charge < -0.3 is 14.2 Å². The van der Waals surface area contributed by atoms with E-state index in [-0.39, 0.29) is 17.9 Å². The molecular weight excluding hydrogens is 342 g/mol. The molecule has 6 nitrogen and oxygen atoms in total. The summed E-state index contributed by atoms with van der Waals surface area (Å²) >= 11 is 0. The number of aromatic nitrogens is 2. The highest BCUT2D eigenvalue weighted by Crippen LogP contribution is 2.34. The van der Waals surface area contributed by atoms with E-state index in [1.165, 1.54) is 0 Å². The Bertz CT molecular complexity index is 921. The van der Waals surface area contributed by atoms with Crippen molar-refractivity contribution in [1.82, 2.24) is 15.0 Å². The summed E-state index contributed by atoms with van der Waals surface area (Å²) in [4.78, 5) is 19.0. The molecule has 6 heteroatoms. The maximum atomic E-state index is 12.6. The van der Waals surface area contributed by atoms with Crippen LogP contribution in [0.2, 0.25) is 0 Å². The molecule has 1 saturated heterocycles. The average molecular weight is 363 g/mol. The van der Waals surface area contributed by atoms with Gasteiger partial charge in [0, 0.05) is 24.4 Å². The van der Waals surface area contributed by atoms with E-state index in [2.05, 4.69) is 10.1 Å². The summed E-state index contributed by atoms with van der Waals surface area (Å²) in [5.74, 6) is 1.93. The molecule has 0 radical (unpaired) electrons. The first kappa shape index (κ1) is 17.3. The van der Waals surface area contributed by atoms with Crippen LogP contribution in [-0.4, -0.2) is 34.6 Å². The number of ether oxygens (including phenoxy) is 1. The molecule has 2 unspecified atom stereocenters. The normalized spacial score (nSPS) is 17.9. The molecule has 0 saturated carbocycles. The molecule has 138 valence electrons. The topological polar surface area (TPSA) is 68.5 Å². The van der Waals surface area contributed by atoms with E-state index in [9.17, 15) is 4.79 Å². The van der Waals surface area contributed by atoms with Crippen LogP contribution in [0.25, 0.3) is 11.5 Å². The number of nitrogens with zero attached hydrogens (tertiary/aromatic N) is 3. The van der Waals surface area contributed by atoms with Crippen molar-refractivity contribution in [3.8, 4) is 17.2 Å². The number of carbonyl (C=O) groups is 1. The van der Waals surface area contributed by atoms with Gasteiger partial charge in [0.05, 0.1) is 13.2 Å². The van der Waals surface area contributed by atoms with Crippen LogP contribution in [-0.2, 0) is 4.79 Å². The van der Waals surface area contributed by atoms with Gasteiger partial charge in [0.15, 0.2) is 5.82 Å². The minimum atomic E-state index is -0.0561. The van der Waals surface area contributed by atoms with E-state index >= 15 is 0 Å². The van der Waals surface area contributed by atoms with Gasteiger partial charge in [-0.15, -0.1) is 0 Å². The number of hydrogen-bond donors (Lipinski definition) is 0. The minimum Gasteiger partial charge on any atom is -0.497 e. The molecule has 3 aromatic rings. The van der Waals surface area contributed by atoms with Crippen molar-refractivity contribution in [2.24, 2.45) is 0 Å². The average Bonchev–Trinajstić information content (AvgIpc) is 3.35. The molecule has 0 aliphatic carbocycles. The lowest BCUT2D eigenvalue weighted by Crippen LogP contribution is -2.28. The molecule has 0 bridgehead atoms. The van der Waals surface area contributed by atoms with Crippen LogP contribution in [0.15, 0.2) is 59.1 Å². The second-order valence-corrected chi connectivity index (χ2v) is 6.72. The van der Waals surface area contributed by atoms with Gasteiger partial charge in [-0.2, -0.15) is 4.98 Å². The molecule has 1 aromatic heterocycles. The lowest BCUT2D eigenvalue weighted by Gasteiger charge is -2.25. The molecule has 1 aliphatic rings. The molecular formula is C21H21N3O3. The zero-order chi connectivity index (χ0) is 18.8. The van der Waals surface area contributed by atoms with Crippen molar-refractivity contribution in [3.05, 3.63) is 66.0 Å². The Morgan fingerprint density at radius 3 is 2.59 bits per heavy atom. The Morgan fingerprint density at radius 1 is 1.15 bits per heavy atom. The van der Waals surface area contributed by atoms with Crippen molar-refractivity contribution in [1.29, 1.82) is 0 Å². The fourth-order valence-corrected chi connectivity index (χ4v) is 3.44. The highest BCUT2D eigenvalue weighted by atomic mass is 16.5. The smallest absolute Gasteiger partial charge is 0.257 e. The maximum absolute atomic E-state index is 12.6. The number of amides is 1. The van der Waals surface area contributed by atoms with Crippen molar-refractivity contribution in [2.75, 3.05) is 13.7 Å². The molecule has 4 rings (SSSR count). The van der Waals surface area contributed by atoms with Gasteiger partial charge in [0.2, 0.25) is 5.91 Å². The summed E-state index contributed by atoms with van der Waals surface area (Å²) < 4.78 is 10.6. The van der Waals surface area contributed by atoms with Gasteiger partial charge in [-0.3, -0.25) is 4.79 Å². The SMILES string of the molecule is COc1ccc(C(C)N2CC(c3noc(-c4ccccc4)n3)CC2=O)cc1. The Labute approximate surface area is 157 Å². The standard InChI is InChI=1S/C21H21N3O3/c1-14(15-8-10-18(26-2)11-9-15)24-13-17(12-19(24)25)20-22-21(27-23-20)16-6-4-3-5-7-16/h3-11,14,17H,12-13H2,1-2H3. The van der Waals surface area contributed by atoms with E-state index in [4.69, 9.17) is 9.26 Å². The van der Waals surface area contributed by atoms with Crippen LogP contribution >= 0.6 is 0 Å². The van der Waals surface area contributed by atoms with E-state index in [1.807, 2.05) is 66.4 Å². The predicted octanol–water partition coefficient (Wildman–Crippen LogP) is 3.82. The van der Waals surface area contributed by atoms with Crippen molar-refractivity contribution >= 4 is 5.91 Å². The van der Waals surface area contributed by atoms with Gasteiger partial charge in [0.1, 0.15) is 5.75 Å². The molecule has 2 atom stereocenters. The third-order valence-electron chi connectivity index (χ3n) is 5.05. The first-order valence-electron chi connectivity index (χ1n) is 8.98. The Morgan fingerprint density at radius 2 is 1.89 bits per heavy atom. The van der Waals surface area contributed by atoms with E-state index < -0.39 is 0 Å². The molecule has 2 aromatic carbocycles. The van der Waals surface area contributed by atoms with Gasteiger partial charge >= 0.3 is 0 Å². The van der Waals surface area contributed by atoms with Crippen LogP contribution in [0.4, 0.5) is 0 Å². The third-order valence-corrected chi connectivity index (χ3v) is 5.05. The highest BCUT2D eigenvalue weighted by Gasteiger charge is 2.36. The zero-order valence-corrected chi connectivity index (χ0v) is 15.3. The Balaban J connectivity index is 1.49. The largest absolute Gasteiger partial charge is 0.497 e. The lowest BCUT2D eigenvalue weighted by molar-refractivity contribution is -0.129. The maximum Gasteiger partial charge on any atom is 0.257 e. The second kappa shape index (κ2) is 7.23. The molecule has 0 spiro atoms. The first-order chi connectivity index (χ1) is 13.2. The Kier molecular flexibility index (Phi) is 4.62. The number of carbonyl (C=O) groups excluding carboxylic acids is 1. The van der Waals surface area contributed by atoms with E-state index in [0.29, 0.717) is 24.7 Å². The number of likely N-dealkylation sites (tertiary alicyclic amines) is 1. The molecule has 2 heterocycles. The minimum absolute atomic E-state index is 0.0195. The number of methoxy groups -OCH3 is 1. The summed E-state index contributed by atoms with van der Waals surface area (Å²) in [6, 6.07) is 17.4. The quantitative estimate of drug-likeness (QED) is 0.689. The number of benzene rings is 2. The summed E-state index contributed by atoms with van der Waals surface area (Å²) in [5.41, 5.74) is 1.95. The van der Waals surface area contributed by atoms with Gasteiger partial charge in [0.25, 0.3) is 5.89 Å². The monoisotopic (exact) mass is 363 g/mol. The molecule has 27 heavy (non-hydrogen) atoms. The van der Waals surface area contributed by atoms with Crippen molar-refractivity contribution in [3.63, 3.8) is 0 Å².